The topological polar surface area (TPSA) is 453 Å². The van der Waals surface area contributed by atoms with E-state index < -0.39 is 108 Å². The minimum absolute atomic E-state index is 0.0442. The van der Waals surface area contributed by atoms with Gasteiger partial charge in [0.25, 0.3) is 0 Å². The number of carbonyl (C=O) groups is 10. The zero-order valence-electron chi connectivity index (χ0n) is 53.9. The normalized spacial score (nSPS) is 16.5. The van der Waals surface area contributed by atoms with Crippen LogP contribution >= 0.6 is 0 Å². The average molecular weight is 1340 g/mol. The van der Waals surface area contributed by atoms with Gasteiger partial charge < -0.3 is 88.8 Å². The van der Waals surface area contributed by atoms with Crippen LogP contribution in [0, 0.1) is 5.41 Å². The number of aromatic nitrogens is 6. The lowest BCUT2D eigenvalue weighted by atomic mass is 9.99. The van der Waals surface area contributed by atoms with E-state index in [1.807, 2.05) is 78.9 Å². The SMILES string of the molecule is CCNC(=O)[C@@H]1CCCN1C(=O)[C@H](CCCNC(=N)N)NC(=O)[C@H](Cc1c[nH]c2ccccc12)NC(=O)[C@@H](Cc1ccc2ccccc2c1)NC(=O)[C@H](Cc1c[nH]cn1)NC(=O)[C@H](CO)NC(=O)[C@H](Cc1c[nH]c2ccccc12)NC(=O)[C@H](Cc1c[nH]cn1)NC(=O)[C@@H]1CCC(=O)N1. The Morgan fingerprint density at radius 1 is 0.592 bits per heavy atom. The summed E-state index contributed by atoms with van der Waals surface area (Å²) in [6.07, 6.45) is 9.74. The number of para-hydroxylation sites is 2. The highest BCUT2D eigenvalue weighted by molar-refractivity contribution is 6.00. The average Bonchev–Trinajstić information content (AvgIpc) is 1.50. The molecule has 0 spiro atoms. The maximum Gasteiger partial charge on any atom is 0.245 e. The largest absolute Gasteiger partial charge is 0.394 e. The van der Waals surface area contributed by atoms with Crippen molar-refractivity contribution in [3.63, 3.8) is 0 Å². The number of fused-ring (bicyclic) bond motifs is 3. The molecule has 6 heterocycles. The number of guanidine groups is 1. The quantitative estimate of drug-likeness (QED) is 0.0148. The maximum absolute atomic E-state index is 15.4. The van der Waals surface area contributed by atoms with E-state index in [1.54, 1.807) is 31.5 Å². The number of nitrogens with zero attached hydrogens (tertiary/aromatic N) is 3. The van der Waals surface area contributed by atoms with Crippen LogP contribution in [-0.4, -0.2) is 186 Å². The van der Waals surface area contributed by atoms with Gasteiger partial charge in [0.1, 0.15) is 54.4 Å². The summed E-state index contributed by atoms with van der Waals surface area (Å²) in [4.78, 5) is 165. The molecule has 0 unspecified atom stereocenters. The first-order chi connectivity index (χ1) is 47.4. The predicted molar refractivity (Wildman–Crippen MR) is 361 cm³/mol. The second kappa shape index (κ2) is 32.8. The zero-order valence-corrected chi connectivity index (χ0v) is 53.9. The Kier molecular flexibility index (Phi) is 23.2. The molecule has 30 nitrogen and oxygen atoms in total. The van der Waals surface area contributed by atoms with Gasteiger partial charge in [-0.05, 0) is 78.6 Å². The molecule has 8 aromatic rings. The van der Waals surface area contributed by atoms with Crippen LogP contribution in [0.25, 0.3) is 32.6 Å². The number of aromatic amines is 4. The van der Waals surface area contributed by atoms with Crippen LogP contribution in [0.4, 0.5) is 0 Å². The van der Waals surface area contributed by atoms with Gasteiger partial charge in [0.2, 0.25) is 59.1 Å². The molecule has 0 aliphatic carbocycles. The molecular weight excluding hydrogens is 1260 g/mol. The fourth-order valence-electron chi connectivity index (χ4n) is 12.4. The van der Waals surface area contributed by atoms with Crippen LogP contribution in [0.3, 0.4) is 0 Å². The molecule has 2 fully saturated rings. The van der Waals surface area contributed by atoms with Gasteiger partial charge in [-0.15, -0.1) is 0 Å². The van der Waals surface area contributed by atoms with Crippen molar-refractivity contribution in [1.82, 2.24) is 88.0 Å². The number of amides is 10. The van der Waals surface area contributed by atoms with Gasteiger partial charge in [-0.3, -0.25) is 53.4 Å². The summed E-state index contributed by atoms with van der Waals surface area (Å²) in [6.45, 7) is 1.50. The van der Waals surface area contributed by atoms with Crippen molar-refractivity contribution in [3.05, 3.63) is 157 Å². The van der Waals surface area contributed by atoms with Crippen molar-refractivity contribution in [3.8, 4) is 0 Å². The van der Waals surface area contributed by atoms with E-state index in [0.717, 1.165) is 21.7 Å². The van der Waals surface area contributed by atoms with E-state index >= 15 is 14.4 Å². The van der Waals surface area contributed by atoms with Gasteiger partial charge in [-0.2, -0.15) is 0 Å². The summed E-state index contributed by atoms with van der Waals surface area (Å²) in [6, 6.07) is 15.5. The number of aliphatic hydroxyl groups is 1. The summed E-state index contributed by atoms with van der Waals surface area (Å²) in [7, 11) is 0. The van der Waals surface area contributed by atoms with Crippen LogP contribution in [0.2, 0.25) is 0 Å². The number of benzene rings is 4. The van der Waals surface area contributed by atoms with Crippen molar-refractivity contribution < 1.29 is 53.1 Å². The van der Waals surface area contributed by atoms with Crippen molar-refractivity contribution in [2.75, 3.05) is 26.2 Å². The Balaban J connectivity index is 0.923. The molecule has 10 amide bonds. The van der Waals surface area contributed by atoms with E-state index in [-0.39, 0.29) is 94.3 Å². The highest BCUT2D eigenvalue weighted by Gasteiger charge is 2.40. The van der Waals surface area contributed by atoms with Crippen molar-refractivity contribution >= 4 is 97.6 Å². The molecule has 4 aromatic heterocycles. The highest BCUT2D eigenvalue weighted by Crippen LogP contribution is 2.24. The van der Waals surface area contributed by atoms with Crippen molar-refractivity contribution in [1.29, 1.82) is 5.41 Å². The van der Waals surface area contributed by atoms with E-state index in [9.17, 15) is 38.7 Å². The number of rotatable bonds is 32. The molecule has 0 saturated carbocycles. The summed E-state index contributed by atoms with van der Waals surface area (Å²) in [5.74, 6) is -7.49. The number of imidazole rings is 2. The highest BCUT2D eigenvalue weighted by atomic mass is 16.3. The van der Waals surface area contributed by atoms with Crippen molar-refractivity contribution in [2.24, 2.45) is 5.73 Å². The minimum Gasteiger partial charge on any atom is -0.394 e. The number of likely N-dealkylation sites (tertiary alicyclic amines) is 1. The first-order valence-electron chi connectivity index (χ1n) is 32.6. The molecule has 2 aliphatic heterocycles. The molecule has 10 rings (SSSR count). The Morgan fingerprint density at radius 2 is 1.10 bits per heavy atom. The Bertz CT molecular complexity index is 4170. The molecule has 4 aromatic carbocycles. The second-order valence-corrected chi connectivity index (χ2v) is 24.4. The summed E-state index contributed by atoms with van der Waals surface area (Å²) in [5.41, 5.74) is 9.49. The lowest BCUT2D eigenvalue weighted by molar-refractivity contribution is -0.142. The molecule has 0 bridgehead atoms. The van der Waals surface area contributed by atoms with Crippen molar-refractivity contribution in [2.45, 2.75) is 132 Å². The number of hydrogen-bond donors (Lipinski definition) is 17. The number of nitrogens with one attached hydrogen (secondary N) is 15. The molecule has 9 atom stereocenters. The fraction of sp³-hybridized carbons (Fsp3) is 0.368. The molecule has 98 heavy (non-hydrogen) atoms. The lowest BCUT2D eigenvalue weighted by Crippen LogP contribution is -2.62. The van der Waals surface area contributed by atoms with Gasteiger partial charge in [0.05, 0.1) is 30.6 Å². The molecule has 2 aliphatic rings. The number of aliphatic hydroxyl groups excluding tert-OH is 1. The standard InChI is InChI=1S/C68H81N19O11/c1-2-73-66(97)57-18-10-24-87(57)67(98)50(17-9-23-74-68(69)70)80-61(92)52(27-41-31-75-47-15-7-5-13-45(41)47)82-60(91)51(26-38-19-20-39-11-3-4-12-40(39)25-38)81-63(94)55(30-44-34-72-37-78-44)85-65(96)56(35-88)86-62(93)53(28-42-32-76-48-16-8-6-14-46(42)48)83-64(95)54(29-43-33-71-36-77-43)84-59(90)49-21-22-58(89)79-49/h3-8,11-16,19-20,25,31-34,36-37,49-57,75-76,88H,2,9-10,17-18,21-24,26-30,35H2,1H3,(H,71,77)(H,72,78)(H,73,97)(H,79,89)(H,80,92)(H,81,94)(H,82,91)(H,83,95)(H,84,90)(H,85,96)(H,86,93)(H4,69,70,74)/t49-,50-,51+,52-,53-,54-,55-,56-,57-/m0/s1. The maximum atomic E-state index is 15.4. The van der Waals surface area contributed by atoms with Gasteiger partial charge in [0, 0.05) is 105 Å². The van der Waals surface area contributed by atoms with Crippen LogP contribution in [0.15, 0.2) is 128 Å². The number of nitrogens with two attached hydrogens (primary N) is 1. The number of carbonyl (C=O) groups excluding carboxylic acids is 10. The molecule has 514 valence electrons. The van der Waals surface area contributed by atoms with Crippen LogP contribution in [0.1, 0.15) is 73.5 Å². The zero-order chi connectivity index (χ0) is 69.2. The monoisotopic (exact) mass is 1340 g/mol. The number of H-pyrrole nitrogens is 4. The Hall–Kier alpha value is -11.4. The molecule has 30 heteroatoms. The molecular formula is C68H81N19O11. The first kappa shape index (κ1) is 69.4. The minimum atomic E-state index is -1.78. The summed E-state index contributed by atoms with van der Waals surface area (Å²) in [5, 5.41) is 49.2. The lowest BCUT2D eigenvalue weighted by Gasteiger charge is -2.30. The van der Waals surface area contributed by atoms with Crippen LogP contribution < -0.4 is 58.9 Å². The molecule has 18 N–H and O–H groups in total. The van der Waals surface area contributed by atoms with E-state index in [1.165, 1.54) is 29.9 Å². The number of likely N-dealkylation sites (N-methyl/N-ethyl adjacent to an activating group) is 1. The Morgan fingerprint density at radius 3 is 1.63 bits per heavy atom. The third-order valence-electron chi connectivity index (χ3n) is 17.5. The predicted octanol–water partition coefficient (Wildman–Crippen LogP) is -0.183. The van der Waals surface area contributed by atoms with Gasteiger partial charge in [0.15, 0.2) is 5.96 Å². The third-order valence-corrected chi connectivity index (χ3v) is 17.5. The molecule has 0 radical (unpaired) electrons. The fourth-order valence-corrected chi connectivity index (χ4v) is 12.4. The first-order valence-corrected chi connectivity index (χ1v) is 32.6. The summed E-state index contributed by atoms with van der Waals surface area (Å²) >= 11 is 0. The van der Waals surface area contributed by atoms with E-state index in [0.29, 0.717) is 52.7 Å². The second-order valence-electron chi connectivity index (χ2n) is 24.4. The Labute approximate surface area is 562 Å². The summed E-state index contributed by atoms with van der Waals surface area (Å²) < 4.78 is 0. The van der Waals surface area contributed by atoms with E-state index in [4.69, 9.17) is 11.1 Å². The van der Waals surface area contributed by atoms with Gasteiger partial charge in [-0.1, -0.05) is 78.9 Å². The third kappa shape index (κ3) is 17.9. The van der Waals surface area contributed by atoms with Gasteiger partial charge >= 0.3 is 0 Å². The smallest absolute Gasteiger partial charge is 0.245 e. The van der Waals surface area contributed by atoms with Crippen LogP contribution in [-0.2, 0) is 80.0 Å². The van der Waals surface area contributed by atoms with Gasteiger partial charge in [-0.25, -0.2) is 9.97 Å². The van der Waals surface area contributed by atoms with E-state index in [2.05, 4.69) is 83.1 Å². The number of hydrogen-bond acceptors (Lipinski definition) is 14. The van der Waals surface area contributed by atoms with Crippen LogP contribution in [0.5, 0.6) is 0 Å². The molecule has 2 saturated heterocycles.